The van der Waals surface area contributed by atoms with Crippen LogP contribution < -0.4 is 10.6 Å². The summed E-state index contributed by atoms with van der Waals surface area (Å²) in [7, 11) is 0. The van der Waals surface area contributed by atoms with Gasteiger partial charge in [0.1, 0.15) is 5.01 Å². The molecule has 6 nitrogen and oxygen atoms in total. The fourth-order valence-corrected chi connectivity index (χ4v) is 5.11. The highest BCUT2D eigenvalue weighted by molar-refractivity contribution is 7.13. The number of nitrogens with one attached hydrogen (secondary N) is 2. The Morgan fingerprint density at radius 2 is 1.77 bits per heavy atom. The van der Waals surface area contributed by atoms with E-state index in [1.54, 1.807) is 11.3 Å². The maximum Gasteiger partial charge on any atom is 0.317 e. The molecule has 0 radical (unpaired) electrons. The minimum absolute atomic E-state index is 0.0315. The van der Waals surface area contributed by atoms with Gasteiger partial charge in [-0.2, -0.15) is 0 Å². The third-order valence-electron chi connectivity index (χ3n) is 6.10. The lowest BCUT2D eigenvalue weighted by Crippen LogP contribution is -2.49. The first-order chi connectivity index (χ1) is 14.7. The standard InChI is InChI=1S/C23H30N4O2S/c28-21(24-15-20-16-30-22(25-20)18-7-3-1-4-8-18)17-11-13-27(14-12-17)23(29)26-19-9-5-2-6-10-19/h1,3-4,7-8,16-17,19H,2,5-6,9-15H2,(H,24,28)(H,26,29). The highest BCUT2D eigenvalue weighted by Crippen LogP contribution is 2.24. The van der Waals surface area contributed by atoms with Crippen molar-refractivity contribution < 1.29 is 9.59 Å². The second-order valence-corrected chi connectivity index (χ2v) is 9.13. The van der Waals surface area contributed by atoms with E-state index in [-0.39, 0.29) is 17.9 Å². The van der Waals surface area contributed by atoms with Crippen molar-refractivity contribution in [2.45, 2.75) is 57.5 Å². The maximum atomic E-state index is 12.6. The Morgan fingerprint density at radius 1 is 1.03 bits per heavy atom. The van der Waals surface area contributed by atoms with E-state index >= 15 is 0 Å². The Balaban J connectivity index is 1.20. The number of likely N-dealkylation sites (tertiary alicyclic amines) is 1. The number of amides is 3. The topological polar surface area (TPSA) is 74.3 Å². The number of benzene rings is 1. The van der Waals surface area contributed by atoms with Gasteiger partial charge in [-0.15, -0.1) is 11.3 Å². The van der Waals surface area contributed by atoms with Crippen molar-refractivity contribution in [3.05, 3.63) is 41.4 Å². The van der Waals surface area contributed by atoms with Gasteiger partial charge in [-0.3, -0.25) is 4.79 Å². The number of rotatable bonds is 5. The number of hydrogen-bond donors (Lipinski definition) is 2. The van der Waals surface area contributed by atoms with E-state index in [0.717, 1.165) is 41.9 Å². The summed E-state index contributed by atoms with van der Waals surface area (Å²) in [4.78, 5) is 31.6. The van der Waals surface area contributed by atoms with E-state index in [1.807, 2.05) is 40.6 Å². The van der Waals surface area contributed by atoms with E-state index in [2.05, 4.69) is 15.6 Å². The third kappa shape index (κ3) is 5.39. The second kappa shape index (κ2) is 10.1. The quantitative estimate of drug-likeness (QED) is 0.753. The fraction of sp³-hybridized carbons (Fsp3) is 0.522. The highest BCUT2D eigenvalue weighted by atomic mass is 32.1. The van der Waals surface area contributed by atoms with Gasteiger partial charge in [0, 0.05) is 36.0 Å². The van der Waals surface area contributed by atoms with Crippen molar-refractivity contribution >= 4 is 23.3 Å². The van der Waals surface area contributed by atoms with Crippen molar-refractivity contribution in [2.24, 2.45) is 5.92 Å². The molecule has 1 saturated carbocycles. The molecule has 7 heteroatoms. The van der Waals surface area contributed by atoms with Crippen molar-refractivity contribution in [1.82, 2.24) is 20.5 Å². The number of hydrogen-bond acceptors (Lipinski definition) is 4. The number of thiazole rings is 1. The van der Waals surface area contributed by atoms with Crippen LogP contribution in [-0.4, -0.2) is 41.0 Å². The zero-order valence-electron chi connectivity index (χ0n) is 17.3. The highest BCUT2D eigenvalue weighted by Gasteiger charge is 2.28. The van der Waals surface area contributed by atoms with E-state index in [4.69, 9.17) is 0 Å². The number of nitrogens with zero attached hydrogens (tertiary/aromatic N) is 2. The Bertz CT molecular complexity index is 840. The van der Waals surface area contributed by atoms with Crippen LogP contribution in [0.4, 0.5) is 4.79 Å². The number of carbonyl (C=O) groups excluding carboxylic acids is 2. The first-order valence-corrected chi connectivity index (χ1v) is 11.9. The molecular formula is C23H30N4O2S. The minimum Gasteiger partial charge on any atom is -0.350 e. The van der Waals surface area contributed by atoms with Crippen LogP contribution in [0.1, 0.15) is 50.6 Å². The molecule has 2 aliphatic rings. The van der Waals surface area contributed by atoms with Gasteiger partial charge in [-0.05, 0) is 25.7 Å². The lowest BCUT2D eigenvalue weighted by atomic mass is 9.95. The number of carbonyl (C=O) groups is 2. The summed E-state index contributed by atoms with van der Waals surface area (Å²) in [6, 6.07) is 10.4. The molecule has 0 spiro atoms. The van der Waals surface area contributed by atoms with Crippen LogP contribution in [0.5, 0.6) is 0 Å². The average Bonchev–Trinajstić information content (AvgIpc) is 3.28. The van der Waals surface area contributed by atoms with E-state index < -0.39 is 0 Å². The fourth-order valence-electron chi connectivity index (χ4n) is 4.28. The Hall–Kier alpha value is -2.41. The second-order valence-electron chi connectivity index (χ2n) is 8.27. The van der Waals surface area contributed by atoms with Gasteiger partial charge in [0.05, 0.1) is 12.2 Å². The predicted molar refractivity (Wildman–Crippen MR) is 119 cm³/mol. The molecule has 160 valence electrons. The molecule has 0 bridgehead atoms. The molecule has 3 amide bonds. The summed E-state index contributed by atoms with van der Waals surface area (Å²) in [5, 5.41) is 9.17. The molecule has 1 aromatic heterocycles. The molecule has 2 fully saturated rings. The van der Waals surface area contributed by atoms with Crippen molar-refractivity contribution in [1.29, 1.82) is 0 Å². The first-order valence-electron chi connectivity index (χ1n) is 11.0. The summed E-state index contributed by atoms with van der Waals surface area (Å²) in [5.74, 6) is 0.0348. The number of piperidine rings is 1. The van der Waals surface area contributed by atoms with Crippen LogP contribution in [0.25, 0.3) is 10.6 Å². The molecule has 2 aromatic rings. The molecule has 1 aliphatic carbocycles. The van der Waals surface area contributed by atoms with Gasteiger partial charge >= 0.3 is 6.03 Å². The predicted octanol–water partition coefficient (Wildman–Crippen LogP) is 4.18. The van der Waals surface area contributed by atoms with Crippen molar-refractivity contribution in [3.63, 3.8) is 0 Å². The summed E-state index contributed by atoms with van der Waals surface area (Å²) in [5.41, 5.74) is 1.98. The van der Waals surface area contributed by atoms with Gasteiger partial charge < -0.3 is 15.5 Å². The first kappa shape index (κ1) is 20.8. The Labute approximate surface area is 182 Å². The van der Waals surface area contributed by atoms with Crippen LogP contribution in [0, 0.1) is 5.92 Å². The summed E-state index contributed by atoms with van der Waals surface area (Å²) < 4.78 is 0. The SMILES string of the molecule is O=C(NCc1csc(-c2ccccc2)n1)C1CCN(C(=O)NC2CCCCC2)CC1. The molecular weight excluding hydrogens is 396 g/mol. The molecule has 1 aliphatic heterocycles. The normalized spacial score (nSPS) is 18.2. The molecule has 30 heavy (non-hydrogen) atoms. The monoisotopic (exact) mass is 426 g/mol. The van der Waals surface area contributed by atoms with Crippen LogP contribution >= 0.6 is 11.3 Å². The van der Waals surface area contributed by atoms with Gasteiger partial charge in [-0.1, -0.05) is 49.6 Å². The number of urea groups is 1. The smallest absolute Gasteiger partial charge is 0.317 e. The van der Waals surface area contributed by atoms with Crippen LogP contribution in [-0.2, 0) is 11.3 Å². The molecule has 0 unspecified atom stereocenters. The summed E-state index contributed by atoms with van der Waals surface area (Å²) in [6.07, 6.45) is 7.31. The van der Waals surface area contributed by atoms with Gasteiger partial charge in [0.2, 0.25) is 5.91 Å². The van der Waals surface area contributed by atoms with Gasteiger partial charge in [-0.25, -0.2) is 9.78 Å². The Kier molecular flexibility index (Phi) is 7.00. The molecule has 0 atom stereocenters. The van der Waals surface area contributed by atoms with Crippen LogP contribution in [0.3, 0.4) is 0 Å². The largest absolute Gasteiger partial charge is 0.350 e. The van der Waals surface area contributed by atoms with Gasteiger partial charge in [0.15, 0.2) is 0 Å². The zero-order valence-corrected chi connectivity index (χ0v) is 18.1. The average molecular weight is 427 g/mol. The van der Waals surface area contributed by atoms with Crippen LogP contribution in [0.15, 0.2) is 35.7 Å². The molecule has 4 rings (SSSR count). The van der Waals surface area contributed by atoms with E-state index in [9.17, 15) is 9.59 Å². The molecule has 1 aromatic carbocycles. The Morgan fingerprint density at radius 3 is 2.50 bits per heavy atom. The molecule has 2 heterocycles. The molecule has 2 N–H and O–H groups in total. The number of aromatic nitrogens is 1. The lowest BCUT2D eigenvalue weighted by molar-refractivity contribution is -0.126. The van der Waals surface area contributed by atoms with E-state index in [0.29, 0.717) is 25.7 Å². The summed E-state index contributed by atoms with van der Waals surface area (Å²) in [6.45, 7) is 1.74. The van der Waals surface area contributed by atoms with Gasteiger partial charge in [0.25, 0.3) is 0 Å². The lowest BCUT2D eigenvalue weighted by Gasteiger charge is -2.33. The zero-order chi connectivity index (χ0) is 20.8. The minimum atomic E-state index is -0.0315. The summed E-state index contributed by atoms with van der Waals surface area (Å²) >= 11 is 1.59. The van der Waals surface area contributed by atoms with E-state index in [1.165, 1.54) is 19.3 Å². The maximum absolute atomic E-state index is 12.6. The van der Waals surface area contributed by atoms with Crippen molar-refractivity contribution in [2.75, 3.05) is 13.1 Å². The van der Waals surface area contributed by atoms with Crippen molar-refractivity contribution in [3.8, 4) is 10.6 Å². The molecule has 1 saturated heterocycles. The third-order valence-corrected chi connectivity index (χ3v) is 7.04. The van der Waals surface area contributed by atoms with Crippen LogP contribution in [0.2, 0.25) is 0 Å².